The number of nitrogens with two attached hydrogens (primary N) is 2. The molecule has 4 rings (SSSR count). The van der Waals surface area contributed by atoms with E-state index >= 15 is 0 Å². The average Bonchev–Trinajstić information content (AvgIpc) is 3.12. The van der Waals surface area contributed by atoms with Gasteiger partial charge in [-0.2, -0.15) is 17.5 Å². The molecule has 1 saturated heterocycles. The minimum Gasteiger partial charge on any atom is -0.381 e. The van der Waals surface area contributed by atoms with Crippen LogP contribution < -0.4 is 11.5 Å². The highest BCUT2D eigenvalue weighted by atomic mass is 32.2. The molecular formula is C19H21F3N6O2S. The smallest absolute Gasteiger partial charge is 0.381 e. The van der Waals surface area contributed by atoms with Crippen molar-refractivity contribution in [3.63, 3.8) is 0 Å². The first-order chi connectivity index (χ1) is 14.5. The Morgan fingerprint density at radius 3 is 2.68 bits per heavy atom. The third-order valence-corrected chi connectivity index (χ3v) is 7.21. The number of nitrogen functional groups attached to an aromatic ring is 1. The van der Waals surface area contributed by atoms with Gasteiger partial charge in [-0.25, -0.2) is 18.4 Å². The van der Waals surface area contributed by atoms with Crippen molar-refractivity contribution in [2.24, 2.45) is 5.73 Å². The topological polar surface area (TPSA) is 120 Å². The summed E-state index contributed by atoms with van der Waals surface area (Å²) in [4.78, 5) is 7.50. The van der Waals surface area contributed by atoms with Crippen LogP contribution in [0.4, 0.5) is 19.0 Å². The van der Waals surface area contributed by atoms with Crippen LogP contribution in [0.1, 0.15) is 24.1 Å². The summed E-state index contributed by atoms with van der Waals surface area (Å²) in [5, 5.41) is 0. The van der Waals surface area contributed by atoms with Gasteiger partial charge in [0.2, 0.25) is 10.0 Å². The normalized spacial score (nSPS) is 18.5. The molecule has 166 valence electrons. The maximum atomic E-state index is 13.2. The predicted octanol–water partition coefficient (Wildman–Crippen LogP) is 2.42. The van der Waals surface area contributed by atoms with Gasteiger partial charge in [-0.1, -0.05) is 6.07 Å². The highest BCUT2D eigenvalue weighted by Crippen LogP contribution is 2.33. The zero-order valence-corrected chi connectivity index (χ0v) is 17.4. The highest BCUT2D eigenvalue weighted by Gasteiger charge is 2.34. The van der Waals surface area contributed by atoms with Crippen molar-refractivity contribution in [3.05, 3.63) is 41.9 Å². The molecule has 31 heavy (non-hydrogen) atoms. The van der Waals surface area contributed by atoms with E-state index in [-0.39, 0.29) is 34.6 Å². The molecule has 1 aliphatic heterocycles. The van der Waals surface area contributed by atoms with Gasteiger partial charge in [0, 0.05) is 30.9 Å². The number of hydrogen-bond acceptors (Lipinski definition) is 6. The molecule has 1 aliphatic rings. The van der Waals surface area contributed by atoms with Crippen LogP contribution in [0.5, 0.6) is 0 Å². The van der Waals surface area contributed by atoms with Gasteiger partial charge in [0.25, 0.3) is 0 Å². The number of benzene rings is 1. The summed E-state index contributed by atoms with van der Waals surface area (Å²) in [5.74, 6) is -0.371. The first-order valence-corrected chi connectivity index (χ1v) is 11.0. The molecule has 3 heterocycles. The average molecular weight is 454 g/mol. The van der Waals surface area contributed by atoms with Crippen molar-refractivity contribution < 1.29 is 21.6 Å². The van der Waals surface area contributed by atoms with E-state index in [0.29, 0.717) is 24.1 Å². The third-order valence-electron chi connectivity index (χ3n) is 5.35. The maximum absolute atomic E-state index is 13.2. The molecule has 4 N–H and O–H groups in total. The Hall–Kier alpha value is -2.70. The number of imidazole rings is 1. The summed E-state index contributed by atoms with van der Waals surface area (Å²) >= 11 is 0. The van der Waals surface area contributed by atoms with Crippen LogP contribution in [0.2, 0.25) is 0 Å². The van der Waals surface area contributed by atoms with Crippen molar-refractivity contribution in [1.29, 1.82) is 0 Å². The number of sulfonamides is 1. The summed E-state index contributed by atoms with van der Waals surface area (Å²) in [6.07, 6.45) is -1.12. The molecule has 1 aromatic carbocycles. The van der Waals surface area contributed by atoms with Crippen molar-refractivity contribution in [2.75, 3.05) is 18.8 Å². The molecule has 2 aromatic heterocycles. The van der Waals surface area contributed by atoms with Gasteiger partial charge in [-0.05, 0) is 37.5 Å². The number of halogens is 3. The number of aryl methyl sites for hydroxylation is 1. The number of hydrogen-bond donors (Lipinski definition) is 2. The summed E-state index contributed by atoms with van der Waals surface area (Å²) < 4.78 is 68.5. The number of alkyl halides is 3. The van der Waals surface area contributed by atoms with Crippen LogP contribution in [0.3, 0.4) is 0 Å². The Balaban J connectivity index is 1.84. The Labute approximate surface area is 176 Å². The number of rotatable bonds is 3. The van der Waals surface area contributed by atoms with E-state index in [2.05, 4.69) is 9.97 Å². The lowest BCUT2D eigenvalue weighted by Crippen LogP contribution is -2.45. The number of nitrogens with zero attached hydrogens (tertiary/aromatic N) is 4. The Morgan fingerprint density at radius 2 is 2.00 bits per heavy atom. The van der Waals surface area contributed by atoms with Crippen molar-refractivity contribution >= 4 is 21.5 Å². The van der Waals surface area contributed by atoms with Crippen LogP contribution in [-0.4, -0.2) is 46.2 Å². The minimum atomic E-state index is -4.70. The first-order valence-electron chi connectivity index (χ1n) is 9.56. The van der Waals surface area contributed by atoms with Crippen molar-refractivity contribution in [1.82, 2.24) is 18.7 Å². The molecule has 1 unspecified atom stereocenters. The van der Waals surface area contributed by atoms with E-state index in [1.165, 1.54) is 27.0 Å². The van der Waals surface area contributed by atoms with Gasteiger partial charge in [0.05, 0.1) is 16.8 Å². The number of fused-ring (bicyclic) bond motifs is 1. The van der Waals surface area contributed by atoms with Crippen LogP contribution in [0.15, 0.2) is 35.5 Å². The van der Waals surface area contributed by atoms with E-state index in [1.54, 1.807) is 13.0 Å². The molecule has 0 aliphatic carbocycles. The second kappa shape index (κ2) is 7.46. The molecule has 1 fully saturated rings. The number of anilines is 1. The summed E-state index contributed by atoms with van der Waals surface area (Å²) in [6.45, 7) is 2.32. The van der Waals surface area contributed by atoms with Crippen LogP contribution in [-0.2, 0) is 16.2 Å². The second-order valence-corrected chi connectivity index (χ2v) is 9.53. The predicted molar refractivity (Wildman–Crippen MR) is 109 cm³/mol. The lowest BCUT2D eigenvalue weighted by molar-refractivity contribution is -0.141. The standard InChI is InChI=1S/C19H21F3N6O2S/c1-11-4-5-13(31(29,30)27-6-2-3-12(23)9-27)7-14(11)15-8-25-18-17(24)26-16(10-28(15)18)19(20,21)22/h4-5,7-8,10,12H,2-3,6,9,23H2,1H3,(H2,24,26). The lowest BCUT2D eigenvalue weighted by atomic mass is 10.1. The molecule has 0 amide bonds. The maximum Gasteiger partial charge on any atom is 0.434 e. The molecule has 0 bridgehead atoms. The zero-order valence-electron chi connectivity index (χ0n) is 16.6. The van der Waals surface area contributed by atoms with E-state index < -0.39 is 21.9 Å². The minimum absolute atomic E-state index is 0.0372. The van der Waals surface area contributed by atoms with Gasteiger partial charge in [0.1, 0.15) is 0 Å². The third kappa shape index (κ3) is 3.86. The van der Waals surface area contributed by atoms with E-state index in [4.69, 9.17) is 11.5 Å². The molecular weight excluding hydrogens is 433 g/mol. The molecule has 3 aromatic rings. The Morgan fingerprint density at radius 1 is 1.26 bits per heavy atom. The van der Waals surface area contributed by atoms with E-state index in [1.807, 2.05) is 0 Å². The fraction of sp³-hybridized carbons (Fsp3) is 0.368. The number of piperidine rings is 1. The van der Waals surface area contributed by atoms with Gasteiger partial charge in [-0.3, -0.25) is 4.40 Å². The second-order valence-electron chi connectivity index (χ2n) is 7.59. The van der Waals surface area contributed by atoms with E-state index in [9.17, 15) is 21.6 Å². The van der Waals surface area contributed by atoms with Gasteiger partial charge < -0.3 is 11.5 Å². The SMILES string of the molecule is Cc1ccc(S(=O)(=O)N2CCCC(N)C2)cc1-c1cnc2c(N)nc(C(F)(F)F)cn12. The fourth-order valence-corrected chi connectivity index (χ4v) is 5.29. The molecule has 12 heteroatoms. The largest absolute Gasteiger partial charge is 0.434 e. The van der Waals surface area contributed by atoms with Gasteiger partial charge >= 0.3 is 6.18 Å². The summed E-state index contributed by atoms with van der Waals surface area (Å²) in [7, 11) is -3.81. The van der Waals surface area contributed by atoms with Gasteiger partial charge in [0.15, 0.2) is 17.2 Å². The van der Waals surface area contributed by atoms with Crippen LogP contribution >= 0.6 is 0 Å². The summed E-state index contributed by atoms with van der Waals surface area (Å²) in [6, 6.07) is 4.30. The Bertz CT molecular complexity index is 1260. The highest BCUT2D eigenvalue weighted by molar-refractivity contribution is 7.89. The summed E-state index contributed by atoms with van der Waals surface area (Å²) in [5.41, 5.74) is 11.9. The molecule has 0 saturated carbocycles. The molecule has 0 radical (unpaired) electrons. The van der Waals surface area contributed by atoms with Crippen molar-refractivity contribution in [2.45, 2.75) is 36.9 Å². The van der Waals surface area contributed by atoms with Crippen LogP contribution in [0, 0.1) is 6.92 Å². The zero-order chi connectivity index (χ0) is 22.6. The Kier molecular flexibility index (Phi) is 5.18. The monoisotopic (exact) mass is 454 g/mol. The van der Waals surface area contributed by atoms with Crippen molar-refractivity contribution in [3.8, 4) is 11.3 Å². The quantitative estimate of drug-likeness (QED) is 0.627. The molecule has 1 atom stereocenters. The fourth-order valence-electron chi connectivity index (χ4n) is 3.73. The first kappa shape index (κ1) is 21.5. The lowest BCUT2D eigenvalue weighted by Gasteiger charge is -2.30. The number of aromatic nitrogens is 3. The van der Waals surface area contributed by atoms with Gasteiger partial charge in [-0.15, -0.1) is 0 Å². The van der Waals surface area contributed by atoms with Crippen LogP contribution in [0.25, 0.3) is 16.9 Å². The molecule has 8 nitrogen and oxygen atoms in total. The van der Waals surface area contributed by atoms with E-state index in [0.717, 1.165) is 12.6 Å². The molecule has 0 spiro atoms.